The molecular formula is C42H56N2O. The van der Waals surface area contributed by atoms with E-state index >= 15 is 0 Å². The van der Waals surface area contributed by atoms with Gasteiger partial charge in [0.25, 0.3) is 0 Å². The van der Waals surface area contributed by atoms with E-state index in [0.717, 1.165) is 57.5 Å². The maximum atomic E-state index is 11.8. The number of phenolic OH excluding ortho intramolecular Hbond substituents is 1. The maximum absolute atomic E-state index is 11.8. The molecule has 2 aromatic carbocycles. The molecule has 2 N–H and O–H groups in total. The van der Waals surface area contributed by atoms with Crippen molar-refractivity contribution >= 4 is 22.9 Å². The summed E-state index contributed by atoms with van der Waals surface area (Å²) in [6, 6.07) is 12.4. The first-order valence-electron chi connectivity index (χ1n) is 16.3. The Labute approximate surface area is 274 Å². The fraction of sp³-hybridized carbons (Fsp3) is 0.381. The molecule has 3 aliphatic rings. The summed E-state index contributed by atoms with van der Waals surface area (Å²) in [6.45, 7) is 31.3. The Morgan fingerprint density at radius 3 is 2.22 bits per heavy atom. The van der Waals surface area contributed by atoms with Crippen LogP contribution in [0.5, 0.6) is 5.75 Å². The number of nitrogens with one attached hydrogen (secondary N) is 1. The average Bonchev–Trinajstić information content (AvgIpc) is 3.00. The van der Waals surface area contributed by atoms with Crippen LogP contribution in [0.1, 0.15) is 76.6 Å². The summed E-state index contributed by atoms with van der Waals surface area (Å²) in [6.07, 6.45) is 6.88. The van der Waals surface area contributed by atoms with Crippen molar-refractivity contribution in [3.8, 4) is 5.75 Å². The summed E-state index contributed by atoms with van der Waals surface area (Å²) in [5, 5.41) is 14.5. The van der Waals surface area contributed by atoms with Crippen molar-refractivity contribution in [3.05, 3.63) is 124 Å². The van der Waals surface area contributed by atoms with Crippen LogP contribution < -0.4 is 10.2 Å². The van der Waals surface area contributed by atoms with Crippen molar-refractivity contribution in [2.45, 2.75) is 60.8 Å². The molecule has 0 saturated carbocycles. The number of anilines is 1. The predicted octanol–water partition coefficient (Wildman–Crippen LogP) is 10.4. The first-order chi connectivity index (χ1) is 21.3. The second-order valence-electron chi connectivity index (χ2n) is 12.9. The van der Waals surface area contributed by atoms with Gasteiger partial charge in [0.05, 0.1) is 0 Å². The smallest absolute Gasteiger partial charge is 0.127 e. The van der Waals surface area contributed by atoms with Crippen LogP contribution >= 0.6 is 0 Å². The number of allylic oxidation sites excluding steroid dienone is 9. The highest BCUT2D eigenvalue weighted by Gasteiger charge is 2.51. The molecule has 0 bridgehead atoms. The number of nitrogens with zero attached hydrogens (tertiary/aromatic N) is 1. The van der Waals surface area contributed by atoms with E-state index in [-0.39, 0.29) is 11.3 Å². The first kappa shape index (κ1) is 35.7. The molecular weight excluding hydrogens is 548 g/mol. The van der Waals surface area contributed by atoms with Gasteiger partial charge in [0.15, 0.2) is 0 Å². The van der Waals surface area contributed by atoms with Crippen LogP contribution in [-0.2, 0) is 6.42 Å². The van der Waals surface area contributed by atoms with Crippen molar-refractivity contribution in [1.82, 2.24) is 5.32 Å². The number of hydrogen-bond donors (Lipinski definition) is 2. The highest BCUT2D eigenvalue weighted by Crippen LogP contribution is 2.64. The molecule has 45 heavy (non-hydrogen) atoms. The lowest BCUT2D eigenvalue weighted by atomic mass is 9.50. The van der Waals surface area contributed by atoms with E-state index in [1.807, 2.05) is 46.1 Å². The predicted molar refractivity (Wildman–Crippen MR) is 200 cm³/mol. The molecule has 5 rings (SSSR count). The summed E-state index contributed by atoms with van der Waals surface area (Å²) < 4.78 is 0. The third-order valence-corrected chi connectivity index (χ3v) is 9.86. The van der Waals surface area contributed by atoms with Gasteiger partial charge in [-0.2, -0.15) is 0 Å². The second kappa shape index (κ2) is 14.5. The zero-order valence-electron chi connectivity index (χ0n) is 29.6. The largest absolute Gasteiger partial charge is 0.507 e. The van der Waals surface area contributed by atoms with Crippen LogP contribution in [0.3, 0.4) is 0 Å². The Morgan fingerprint density at radius 1 is 1.07 bits per heavy atom. The molecule has 240 valence electrons. The molecule has 3 heteroatoms. The van der Waals surface area contributed by atoms with Crippen molar-refractivity contribution in [2.75, 3.05) is 33.1 Å². The van der Waals surface area contributed by atoms with Crippen molar-refractivity contribution in [2.24, 2.45) is 17.3 Å². The van der Waals surface area contributed by atoms with Crippen molar-refractivity contribution in [1.29, 1.82) is 0 Å². The molecule has 3 aliphatic carbocycles. The Morgan fingerprint density at radius 2 is 1.67 bits per heavy atom. The Bertz CT molecular complexity index is 1580. The molecule has 0 spiro atoms. The van der Waals surface area contributed by atoms with E-state index in [9.17, 15) is 5.11 Å². The number of fused-ring (bicyclic) bond motifs is 3. The van der Waals surface area contributed by atoms with Crippen LogP contribution in [-0.4, -0.2) is 33.3 Å². The summed E-state index contributed by atoms with van der Waals surface area (Å²) in [4.78, 5) is 2.14. The van der Waals surface area contributed by atoms with Gasteiger partial charge in [-0.3, -0.25) is 0 Å². The molecule has 0 fully saturated rings. The topological polar surface area (TPSA) is 35.5 Å². The molecule has 3 nitrogen and oxygen atoms in total. The van der Waals surface area contributed by atoms with E-state index in [1.54, 1.807) is 0 Å². The Balaban J connectivity index is 0.00000104. The minimum Gasteiger partial charge on any atom is -0.507 e. The van der Waals surface area contributed by atoms with Crippen LogP contribution in [0.2, 0.25) is 0 Å². The summed E-state index contributed by atoms with van der Waals surface area (Å²) >= 11 is 0. The van der Waals surface area contributed by atoms with Gasteiger partial charge in [0.1, 0.15) is 5.75 Å². The lowest BCUT2D eigenvalue weighted by molar-refractivity contribution is 0.226. The zero-order valence-corrected chi connectivity index (χ0v) is 29.6. The van der Waals surface area contributed by atoms with E-state index in [4.69, 9.17) is 6.58 Å². The Hall–Kier alpha value is -3.82. The van der Waals surface area contributed by atoms with E-state index in [2.05, 4.69) is 102 Å². The highest BCUT2D eigenvalue weighted by atomic mass is 16.3. The van der Waals surface area contributed by atoms with E-state index in [1.165, 1.54) is 27.9 Å². The van der Waals surface area contributed by atoms with Gasteiger partial charge < -0.3 is 15.3 Å². The number of rotatable bonds is 5. The average molecular weight is 605 g/mol. The number of hydrogen-bond acceptors (Lipinski definition) is 3. The summed E-state index contributed by atoms with van der Waals surface area (Å²) in [5.74, 6) is 0.921. The number of aromatic hydroxyl groups is 1. The molecule has 2 aromatic rings. The van der Waals surface area contributed by atoms with Gasteiger partial charge in [-0.05, 0) is 99.5 Å². The van der Waals surface area contributed by atoms with Crippen molar-refractivity contribution in [3.63, 3.8) is 0 Å². The first-order valence-corrected chi connectivity index (χ1v) is 16.3. The SMILES string of the molecule is C=C(C)C1=C(C)CC2CC3C(=C)c4c(N(C)C)cc(CC=Cc5ccccc5)c(O)c4C(=C)C3=C(C)C2(C)C1=C.CC.CNC. The van der Waals surface area contributed by atoms with Gasteiger partial charge in [-0.25, -0.2) is 0 Å². The normalized spacial score (nSPS) is 22.1. The Kier molecular flexibility index (Phi) is 11.5. The maximum Gasteiger partial charge on any atom is 0.127 e. The molecule has 0 aromatic heterocycles. The van der Waals surface area contributed by atoms with Gasteiger partial charge in [-0.1, -0.05) is 106 Å². The third kappa shape index (κ3) is 6.33. The van der Waals surface area contributed by atoms with E-state index in [0.29, 0.717) is 18.1 Å². The summed E-state index contributed by atoms with van der Waals surface area (Å²) in [5.41, 5.74) is 14.2. The fourth-order valence-corrected chi connectivity index (χ4v) is 7.64. The fourth-order valence-electron chi connectivity index (χ4n) is 7.64. The molecule has 0 aliphatic heterocycles. The lowest BCUT2D eigenvalue weighted by Gasteiger charge is -2.53. The molecule has 0 heterocycles. The van der Waals surface area contributed by atoms with Gasteiger partial charge in [-0.15, -0.1) is 0 Å². The zero-order chi connectivity index (χ0) is 33.8. The van der Waals surface area contributed by atoms with Crippen LogP contribution in [0.25, 0.3) is 17.2 Å². The number of benzene rings is 2. The quantitative estimate of drug-likeness (QED) is 0.356. The molecule has 0 radical (unpaired) electrons. The van der Waals surface area contributed by atoms with Crippen LogP contribution in [0.15, 0.2) is 102 Å². The van der Waals surface area contributed by atoms with Crippen LogP contribution in [0, 0.1) is 17.3 Å². The molecule has 0 saturated heterocycles. The highest BCUT2D eigenvalue weighted by molar-refractivity contribution is 6.01. The minimum atomic E-state index is -0.184. The minimum absolute atomic E-state index is 0.173. The molecule has 0 amide bonds. The monoisotopic (exact) mass is 604 g/mol. The molecule has 3 unspecified atom stereocenters. The number of phenols is 1. The standard InChI is InChI=1S/C38H43NO.C2H7N.C2H6/c1-22(2)33-23(3)19-30-21-31-24(4)35-32(39(9)10)20-29(18-14-17-28-15-12-11-13-16-28)37(40)36(35)25(5)34(31)27(7)38(30,8)26(33)6;1-3-2;1-2/h11-17,20,30-31,40H,1,4-6,18-19,21H2,2-3,7-10H3;3H,1-2H3;1-2H3. The third-order valence-electron chi connectivity index (χ3n) is 9.86. The van der Waals surface area contributed by atoms with Gasteiger partial charge in [0, 0.05) is 47.8 Å². The second-order valence-corrected chi connectivity index (χ2v) is 12.9. The van der Waals surface area contributed by atoms with Gasteiger partial charge >= 0.3 is 0 Å². The summed E-state index contributed by atoms with van der Waals surface area (Å²) in [7, 11) is 7.89. The molecule has 3 atom stereocenters. The van der Waals surface area contributed by atoms with Crippen LogP contribution in [0.4, 0.5) is 5.69 Å². The van der Waals surface area contributed by atoms with E-state index < -0.39 is 0 Å². The van der Waals surface area contributed by atoms with Crippen molar-refractivity contribution < 1.29 is 5.11 Å². The lowest BCUT2D eigenvalue weighted by Crippen LogP contribution is -2.42. The van der Waals surface area contributed by atoms with Gasteiger partial charge in [0.2, 0.25) is 0 Å².